The molecule has 0 aliphatic rings. The molecule has 19 heavy (non-hydrogen) atoms. The van der Waals surface area contributed by atoms with Crippen molar-refractivity contribution in [3.05, 3.63) is 58.0 Å². The maximum atomic E-state index is 12.5. The van der Waals surface area contributed by atoms with E-state index in [2.05, 4.69) is 32.0 Å². The minimum atomic E-state index is 0.158. The third kappa shape index (κ3) is 2.62. The maximum Gasteiger partial charge on any atom is 0.254 e. The first-order valence-corrected chi connectivity index (χ1v) is 6.97. The molecule has 0 bridgehead atoms. The van der Waals surface area contributed by atoms with Crippen molar-refractivity contribution in [2.24, 2.45) is 0 Å². The lowest BCUT2D eigenvalue weighted by Crippen LogP contribution is -2.23. The van der Waals surface area contributed by atoms with Crippen LogP contribution in [0.2, 0.25) is 0 Å². The van der Waals surface area contributed by atoms with Crippen molar-refractivity contribution in [3.63, 3.8) is 0 Å². The normalized spacial score (nSPS) is 10.7. The van der Waals surface area contributed by atoms with Crippen LogP contribution in [0.15, 0.2) is 41.3 Å². The topological polar surface area (TPSA) is 22.0 Å². The van der Waals surface area contributed by atoms with Gasteiger partial charge in [-0.2, -0.15) is 0 Å². The van der Waals surface area contributed by atoms with Gasteiger partial charge >= 0.3 is 0 Å². The van der Waals surface area contributed by atoms with E-state index in [1.807, 2.05) is 25.3 Å². The van der Waals surface area contributed by atoms with Crippen molar-refractivity contribution in [2.45, 2.75) is 40.2 Å². The zero-order valence-electron chi connectivity index (χ0n) is 11.9. The van der Waals surface area contributed by atoms with Crippen LogP contribution in [0.5, 0.6) is 0 Å². The number of benzene rings is 1. The molecule has 1 heterocycles. The summed E-state index contributed by atoms with van der Waals surface area (Å²) in [5.41, 5.74) is 4.58. The van der Waals surface area contributed by atoms with E-state index in [0.717, 1.165) is 30.5 Å². The quantitative estimate of drug-likeness (QED) is 0.814. The number of rotatable bonds is 4. The summed E-state index contributed by atoms with van der Waals surface area (Å²) >= 11 is 0. The molecule has 0 unspecified atom stereocenters. The molecule has 0 radical (unpaired) electrons. The molecule has 0 spiro atoms. The van der Waals surface area contributed by atoms with E-state index < -0.39 is 0 Å². The van der Waals surface area contributed by atoms with Gasteiger partial charge in [-0.1, -0.05) is 37.6 Å². The first-order valence-electron chi connectivity index (χ1n) is 6.97. The van der Waals surface area contributed by atoms with Crippen LogP contribution in [0, 0.1) is 6.92 Å². The molecular formula is C17H21NO. The number of hydrogen-bond acceptors (Lipinski definition) is 1. The van der Waals surface area contributed by atoms with Gasteiger partial charge in [-0.05, 0) is 43.0 Å². The largest absolute Gasteiger partial charge is 0.316 e. The number of aromatic nitrogens is 1. The molecule has 0 aliphatic carbocycles. The third-order valence-electron chi connectivity index (χ3n) is 3.54. The fourth-order valence-electron chi connectivity index (χ4n) is 2.49. The van der Waals surface area contributed by atoms with Crippen LogP contribution in [-0.4, -0.2) is 4.57 Å². The minimum absolute atomic E-state index is 0.158. The van der Waals surface area contributed by atoms with Crippen LogP contribution >= 0.6 is 0 Å². The standard InChI is InChI=1S/C17H21NO/c1-4-8-16-15(11-12-18(5-2)17(16)19)14-10-7-6-9-13(14)3/h6-7,9-12H,4-5,8H2,1-3H3. The van der Waals surface area contributed by atoms with E-state index in [9.17, 15) is 4.79 Å². The fraction of sp³-hybridized carbons (Fsp3) is 0.353. The Kier molecular flexibility index (Phi) is 4.20. The van der Waals surface area contributed by atoms with Crippen LogP contribution in [0.3, 0.4) is 0 Å². The Bertz CT molecular complexity index is 625. The van der Waals surface area contributed by atoms with Crippen molar-refractivity contribution < 1.29 is 0 Å². The Balaban J connectivity index is 2.67. The van der Waals surface area contributed by atoms with E-state index in [0.29, 0.717) is 0 Å². The van der Waals surface area contributed by atoms with Gasteiger partial charge in [0, 0.05) is 18.3 Å². The predicted molar refractivity (Wildman–Crippen MR) is 80.5 cm³/mol. The summed E-state index contributed by atoms with van der Waals surface area (Å²) < 4.78 is 1.78. The summed E-state index contributed by atoms with van der Waals surface area (Å²) in [5, 5.41) is 0. The second kappa shape index (κ2) is 5.87. The highest BCUT2D eigenvalue weighted by Crippen LogP contribution is 2.25. The highest BCUT2D eigenvalue weighted by molar-refractivity contribution is 5.70. The Morgan fingerprint density at radius 2 is 1.79 bits per heavy atom. The molecule has 1 aromatic carbocycles. The van der Waals surface area contributed by atoms with E-state index in [1.165, 1.54) is 11.1 Å². The SMILES string of the molecule is CCCc1c(-c2ccccc2C)ccn(CC)c1=O. The Hall–Kier alpha value is -1.83. The lowest BCUT2D eigenvalue weighted by atomic mass is 9.95. The van der Waals surface area contributed by atoms with Gasteiger partial charge < -0.3 is 4.57 Å². The van der Waals surface area contributed by atoms with Crippen LogP contribution in [0.4, 0.5) is 0 Å². The van der Waals surface area contributed by atoms with Crippen molar-refractivity contribution >= 4 is 0 Å². The van der Waals surface area contributed by atoms with Gasteiger partial charge in [-0.25, -0.2) is 0 Å². The lowest BCUT2D eigenvalue weighted by Gasteiger charge is -2.13. The Morgan fingerprint density at radius 1 is 1.05 bits per heavy atom. The zero-order valence-corrected chi connectivity index (χ0v) is 11.9. The highest BCUT2D eigenvalue weighted by Gasteiger charge is 2.11. The first kappa shape index (κ1) is 13.6. The molecule has 2 heteroatoms. The monoisotopic (exact) mass is 255 g/mol. The van der Waals surface area contributed by atoms with Crippen molar-refractivity contribution in [1.29, 1.82) is 0 Å². The molecule has 0 aliphatic heterocycles. The van der Waals surface area contributed by atoms with E-state index >= 15 is 0 Å². The number of nitrogens with zero attached hydrogens (tertiary/aromatic N) is 1. The minimum Gasteiger partial charge on any atom is -0.316 e. The van der Waals surface area contributed by atoms with Crippen LogP contribution in [0.25, 0.3) is 11.1 Å². The first-order chi connectivity index (χ1) is 9.19. The number of aryl methyl sites for hydroxylation is 2. The number of pyridine rings is 1. The van der Waals surface area contributed by atoms with E-state index in [4.69, 9.17) is 0 Å². The van der Waals surface area contributed by atoms with Gasteiger partial charge in [0.2, 0.25) is 0 Å². The van der Waals surface area contributed by atoms with Gasteiger partial charge in [0.15, 0.2) is 0 Å². The summed E-state index contributed by atoms with van der Waals surface area (Å²) in [6, 6.07) is 10.3. The van der Waals surface area contributed by atoms with Crippen molar-refractivity contribution in [1.82, 2.24) is 4.57 Å². The summed E-state index contributed by atoms with van der Waals surface area (Å²) in [5.74, 6) is 0. The van der Waals surface area contributed by atoms with Crippen molar-refractivity contribution in [3.8, 4) is 11.1 Å². The second-order valence-corrected chi connectivity index (χ2v) is 4.86. The van der Waals surface area contributed by atoms with Crippen LogP contribution in [-0.2, 0) is 13.0 Å². The molecule has 2 aromatic rings. The predicted octanol–water partition coefficient (Wildman–Crippen LogP) is 3.80. The molecule has 1 aromatic heterocycles. The third-order valence-corrected chi connectivity index (χ3v) is 3.54. The number of hydrogen-bond donors (Lipinski definition) is 0. The van der Waals surface area contributed by atoms with Gasteiger partial charge in [0.05, 0.1) is 0 Å². The van der Waals surface area contributed by atoms with E-state index in [-0.39, 0.29) is 5.56 Å². The molecule has 2 nitrogen and oxygen atoms in total. The van der Waals surface area contributed by atoms with Gasteiger partial charge in [-0.15, -0.1) is 0 Å². The maximum absolute atomic E-state index is 12.5. The summed E-state index contributed by atoms with van der Waals surface area (Å²) in [6.07, 6.45) is 3.73. The summed E-state index contributed by atoms with van der Waals surface area (Å²) in [7, 11) is 0. The second-order valence-electron chi connectivity index (χ2n) is 4.86. The molecule has 2 rings (SSSR count). The summed E-state index contributed by atoms with van der Waals surface area (Å²) in [4.78, 5) is 12.5. The fourth-order valence-corrected chi connectivity index (χ4v) is 2.49. The summed E-state index contributed by atoms with van der Waals surface area (Å²) in [6.45, 7) is 6.94. The molecule has 0 amide bonds. The molecule has 0 N–H and O–H groups in total. The average Bonchev–Trinajstić information content (AvgIpc) is 2.42. The molecule has 0 atom stereocenters. The Morgan fingerprint density at radius 3 is 2.42 bits per heavy atom. The van der Waals surface area contributed by atoms with Gasteiger partial charge in [-0.3, -0.25) is 4.79 Å². The lowest BCUT2D eigenvalue weighted by molar-refractivity contribution is 0.711. The smallest absolute Gasteiger partial charge is 0.254 e. The van der Waals surface area contributed by atoms with Gasteiger partial charge in [0.25, 0.3) is 5.56 Å². The van der Waals surface area contributed by atoms with Crippen LogP contribution in [0.1, 0.15) is 31.4 Å². The van der Waals surface area contributed by atoms with Gasteiger partial charge in [0.1, 0.15) is 0 Å². The Labute approximate surface area is 114 Å². The van der Waals surface area contributed by atoms with Crippen molar-refractivity contribution in [2.75, 3.05) is 0 Å². The molecule has 0 saturated carbocycles. The average molecular weight is 255 g/mol. The molecule has 0 fully saturated rings. The zero-order chi connectivity index (χ0) is 13.8. The highest BCUT2D eigenvalue weighted by atomic mass is 16.1. The van der Waals surface area contributed by atoms with E-state index in [1.54, 1.807) is 4.57 Å². The molecule has 100 valence electrons. The van der Waals surface area contributed by atoms with Crippen LogP contribution < -0.4 is 5.56 Å². The molecular weight excluding hydrogens is 234 g/mol. The molecule has 0 saturated heterocycles.